The van der Waals surface area contributed by atoms with E-state index in [0.29, 0.717) is 4.77 Å². The van der Waals surface area contributed by atoms with Crippen LogP contribution >= 0.6 is 12.2 Å². The van der Waals surface area contributed by atoms with Crippen molar-refractivity contribution in [3.8, 4) is 22.4 Å². The van der Waals surface area contributed by atoms with E-state index in [1.54, 1.807) is 30.5 Å². The first-order chi connectivity index (χ1) is 10.1. The Morgan fingerprint density at radius 3 is 1.90 bits per heavy atom. The number of aromatic amines is 1. The zero-order valence-electron chi connectivity index (χ0n) is 10.8. The predicted octanol–water partition coefficient (Wildman–Crippen LogP) is 4.75. The van der Waals surface area contributed by atoms with E-state index in [9.17, 15) is 8.78 Å². The molecule has 0 bridgehead atoms. The van der Waals surface area contributed by atoms with E-state index in [2.05, 4.69) is 9.97 Å². The van der Waals surface area contributed by atoms with Gasteiger partial charge in [-0.1, -0.05) is 12.1 Å². The fraction of sp³-hybridized carbons (Fsp3) is 0. The molecule has 2 aromatic carbocycles. The van der Waals surface area contributed by atoms with Crippen molar-refractivity contribution in [1.29, 1.82) is 0 Å². The molecule has 0 aliphatic carbocycles. The SMILES string of the molecule is Fc1ccc(-c2cnc(=S)[nH]c2-c2ccc(F)cc2)cc1. The molecular formula is C16H10F2N2S. The van der Waals surface area contributed by atoms with Gasteiger partial charge in [0.2, 0.25) is 0 Å². The molecule has 2 nitrogen and oxygen atoms in total. The summed E-state index contributed by atoms with van der Waals surface area (Å²) >= 11 is 5.05. The number of nitrogens with one attached hydrogen (secondary N) is 1. The predicted molar refractivity (Wildman–Crippen MR) is 80.2 cm³/mol. The van der Waals surface area contributed by atoms with Crippen molar-refractivity contribution in [2.75, 3.05) is 0 Å². The quantitative estimate of drug-likeness (QED) is 0.692. The Morgan fingerprint density at radius 2 is 1.33 bits per heavy atom. The van der Waals surface area contributed by atoms with E-state index in [1.807, 2.05) is 0 Å². The van der Waals surface area contributed by atoms with Crippen molar-refractivity contribution < 1.29 is 8.78 Å². The van der Waals surface area contributed by atoms with Crippen LogP contribution in [0.2, 0.25) is 0 Å². The third-order valence-corrected chi connectivity index (χ3v) is 3.31. The molecule has 5 heteroatoms. The van der Waals surface area contributed by atoms with E-state index < -0.39 is 0 Å². The average molecular weight is 300 g/mol. The van der Waals surface area contributed by atoms with E-state index in [0.717, 1.165) is 22.4 Å². The van der Waals surface area contributed by atoms with Crippen LogP contribution < -0.4 is 0 Å². The lowest BCUT2D eigenvalue weighted by molar-refractivity contribution is 0.627. The minimum atomic E-state index is -0.310. The number of halogens is 2. The highest BCUT2D eigenvalue weighted by atomic mass is 32.1. The molecule has 104 valence electrons. The van der Waals surface area contributed by atoms with Gasteiger partial charge in [-0.15, -0.1) is 0 Å². The summed E-state index contributed by atoms with van der Waals surface area (Å²) < 4.78 is 26.5. The molecule has 0 radical (unpaired) electrons. The van der Waals surface area contributed by atoms with Crippen molar-refractivity contribution in [3.63, 3.8) is 0 Å². The van der Waals surface area contributed by atoms with Gasteiger partial charge >= 0.3 is 0 Å². The summed E-state index contributed by atoms with van der Waals surface area (Å²) in [4.78, 5) is 7.09. The van der Waals surface area contributed by atoms with Crippen LogP contribution in [0.4, 0.5) is 8.78 Å². The molecule has 0 atom stereocenters. The molecule has 3 rings (SSSR count). The van der Waals surface area contributed by atoms with Crippen molar-refractivity contribution in [2.24, 2.45) is 0 Å². The first kappa shape index (κ1) is 13.6. The number of rotatable bonds is 2. The Morgan fingerprint density at radius 1 is 0.810 bits per heavy atom. The summed E-state index contributed by atoms with van der Waals surface area (Å²) in [5.41, 5.74) is 3.08. The Balaban J connectivity index is 2.19. The minimum Gasteiger partial charge on any atom is -0.330 e. The standard InChI is InChI=1S/C16H10F2N2S/c17-12-5-1-10(2-6-12)14-9-19-16(21)20-15(14)11-3-7-13(18)8-4-11/h1-9H,(H,19,20,21). The van der Waals surface area contributed by atoms with E-state index in [4.69, 9.17) is 12.2 Å². The fourth-order valence-corrected chi connectivity index (χ4v) is 2.24. The first-order valence-electron chi connectivity index (χ1n) is 6.25. The highest BCUT2D eigenvalue weighted by molar-refractivity contribution is 7.71. The van der Waals surface area contributed by atoms with Crippen molar-refractivity contribution >= 4 is 12.2 Å². The van der Waals surface area contributed by atoms with Gasteiger partial charge in [-0.3, -0.25) is 0 Å². The number of benzene rings is 2. The topological polar surface area (TPSA) is 28.7 Å². The summed E-state index contributed by atoms with van der Waals surface area (Å²) in [5, 5.41) is 0. The molecule has 0 aliphatic rings. The lowest BCUT2D eigenvalue weighted by Gasteiger charge is -2.09. The Labute approximate surface area is 125 Å². The molecular weight excluding hydrogens is 290 g/mol. The third kappa shape index (κ3) is 2.87. The van der Waals surface area contributed by atoms with Gasteiger partial charge in [0.1, 0.15) is 11.6 Å². The molecule has 1 heterocycles. The smallest absolute Gasteiger partial charge is 0.197 e. The summed E-state index contributed by atoms with van der Waals surface area (Å²) in [5.74, 6) is -0.617. The maximum Gasteiger partial charge on any atom is 0.197 e. The highest BCUT2D eigenvalue weighted by Gasteiger charge is 2.09. The number of H-pyrrole nitrogens is 1. The van der Waals surface area contributed by atoms with Gasteiger partial charge < -0.3 is 4.98 Å². The maximum atomic E-state index is 13.1. The second kappa shape index (κ2) is 5.54. The van der Waals surface area contributed by atoms with Crippen LogP contribution in [-0.2, 0) is 0 Å². The molecule has 0 aliphatic heterocycles. The summed E-state index contributed by atoms with van der Waals surface area (Å²) in [6.07, 6.45) is 1.63. The normalized spacial score (nSPS) is 10.6. The van der Waals surface area contributed by atoms with Gasteiger partial charge in [-0.05, 0) is 59.7 Å². The molecule has 21 heavy (non-hydrogen) atoms. The van der Waals surface area contributed by atoms with Gasteiger partial charge in [0.05, 0.1) is 5.69 Å². The molecule has 0 fully saturated rings. The minimum absolute atomic E-state index is 0.307. The lowest BCUT2D eigenvalue weighted by Crippen LogP contribution is -1.93. The number of aromatic nitrogens is 2. The van der Waals surface area contributed by atoms with Gasteiger partial charge in [-0.25, -0.2) is 13.8 Å². The van der Waals surface area contributed by atoms with E-state index in [1.165, 1.54) is 24.3 Å². The van der Waals surface area contributed by atoms with Crippen LogP contribution in [0.15, 0.2) is 54.7 Å². The first-order valence-corrected chi connectivity index (χ1v) is 6.65. The monoisotopic (exact) mass is 300 g/mol. The van der Waals surface area contributed by atoms with Crippen molar-refractivity contribution in [2.45, 2.75) is 0 Å². The van der Waals surface area contributed by atoms with Crippen LogP contribution in [-0.4, -0.2) is 9.97 Å². The zero-order chi connectivity index (χ0) is 14.8. The van der Waals surface area contributed by atoms with E-state index in [-0.39, 0.29) is 11.6 Å². The third-order valence-electron chi connectivity index (χ3n) is 3.10. The van der Waals surface area contributed by atoms with Crippen LogP contribution in [0.5, 0.6) is 0 Å². The summed E-state index contributed by atoms with van der Waals surface area (Å²) in [7, 11) is 0. The van der Waals surface area contributed by atoms with E-state index >= 15 is 0 Å². The average Bonchev–Trinajstić information content (AvgIpc) is 2.49. The van der Waals surface area contributed by atoms with Gasteiger partial charge in [0.15, 0.2) is 4.77 Å². The largest absolute Gasteiger partial charge is 0.330 e. The Bertz CT molecular complexity index is 824. The molecule has 0 saturated heterocycles. The van der Waals surface area contributed by atoms with Gasteiger partial charge in [0, 0.05) is 11.8 Å². The van der Waals surface area contributed by atoms with Gasteiger partial charge in [-0.2, -0.15) is 0 Å². The van der Waals surface area contributed by atoms with Gasteiger partial charge in [0.25, 0.3) is 0 Å². The Kier molecular flexibility index (Phi) is 3.58. The lowest BCUT2D eigenvalue weighted by atomic mass is 10.0. The van der Waals surface area contributed by atoms with Crippen LogP contribution in [0.25, 0.3) is 22.4 Å². The molecule has 0 amide bonds. The molecule has 0 saturated carbocycles. The maximum absolute atomic E-state index is 13.1. The fourth-order valence-electron chi connectivity index (χ4n) is 2.09. The van der Waals surface area contributed by atoms with Crippen molar-refractivity contribution in [1.82, 2.24) is 9.97 Å². The van der Waals surface area contributed by atoms with Crippen LogP contribution in [0.3, 0.4) is 0 Å². The van der Waals surface area contributed by atoms with Crippen LogP contribution in [0.1, 0.15) is 0 Å². The molecule has 1 N–H and O–H groups in total. The number of hydrogen-bond acceptors (Lipinski definition) is 2. The highest BCUT2D eigenvalue weighted by Crippen LogP contribution is 2.29. The summed E-state index contributed by atoms with van der Waals surface area (Å²) in [6.45, 7) is 0. The zero-order valence-corrected chi connectivity index (χ0v) is 11.6. The van der Waals surface area contributed by atoms with Crippen molar-refractivity contribution in [3.05, 3.63) is 71.1 Å². The summed E-state index contributed by atoms with van der Waals surface area (Å²) in [6, 6.07) is 12.2. The van der Waals surface area contributed by atoms with Crippen LogP contribution in [0, 0.1) is 16.4 Å². The molecule has 1 aromatic heterocycles. The number of nitrogens with zero attached hydrogens (tertiary/aromatic N) is 1. The second-order valence-electron chi connectivity index (χ2n) is 4.49. The Hall–Kier alpha value is -2.40. The second-order valence-corrected chi connectivity index (χ2v) is 4.88. The molecule has 3 aromatic rings. The molecule has 0 spiro atoms. The molecule has 0 unspecified atom stereocenters. The number of hydrogen-bond donors (Lipinski definition) is 1.